The predicted molar refractivity (Wildman–Crippen MR) is 67.2 cm³/mol. The fourth-order valence-electron chi connectivity index (χ4n) is 4.49. The number of rotatable bonds is 2. The largest absolute Gasteiger partial charge is 0.300 e. The van der Waals surface area contributed by atoms with Crippen LogP contribution in [0.4, 0.5) is 0 Å². The van der Waals surface area contributed by atoms with Gasteiger partial charge in [0.15, 0.2) is 0 Å². The Morgan fingerprint density at radius 1 is 1.25 bits per heavy atom. The lowest BCUT2D eigenvalue weighted by atomic mass is 9.57. The molecule has 1 nitrogen and oxygen atoms in total. The molecule has 2 aliphatic carbocycles. The summed E-state index contributed by atoms with van der Waals surface area (Å²) in [7, 11) is 0. The highest BCUT2D eigenvalue weighted by atomic mass is 16.1. The van der Waals surface area contributed by atoms with Gasteiger partial charge in [0.25, 0.3) is 0 Å². The zero-order chi connectivity index (χ0) is 11.9. The van der Waals surface area contributed by atoms with Crippen LogP contribution in [-0.2, 0) is 4.79 Å². The molecule has 92 valence electrons. The van der Waals surface area contributed by atoms with Gasteiger partial charge in [-0.1, -0.05) is 27.2 Å². The summed E-state index contributed by atoms with van der Waals surface area (Å²) in [5, 5.41) is 0. The van der Waals surface area contributed by atoms with E-state index in [9.17, 15) is 4.79 Å². The van der Waals surface area contributed by atoms with Gasteiger partial charge in [-0.25, -0.2) is 0 Å². The molecule has 2 saturated carbocycles. The summed E-state index contributed by atoms with van der Waals surface area (Å²) < 4.78 is 0. The van der Waals surface area contributed by atoms with Gasteiger partial charge >= 0.3 is 0 Å². The van der Waals surface area contributed by atoms with Crippen LogP contribution in [0.2, 0.25) is 0 Å². The summed E-state index contributed by atoms with van der Waals surface area (Å²) in [6, 6.07) is 0. The monoisotopic (exact) mass is 222 g/mol. The van der Waals surface area contributed by atoms with Gasteiger partial charge in [-0.05, 0) is 55.8 Å². The van der Waals surface area contributed by atoms with E-state index in [1.807, 2.05) is 6.92 Å². The number of Topliss-reactive ketones (excluding diaryl/α,β-unsaturated/α-hetero) is 1. The molecule has 0 spiro atoms. The number of carbonyl (C=O) groups is 1. The molecule has 0 radical (unpaired) electrons. The average Bonchev–Trinajstić information content (AvgIpc) is 2.56. The van der Waals surface area contributed by atoms with Crippen molar-refractivity contribution in [2.24, 2.45) is 29.1 Å². The summed E-state index contributed by atoms with van der Waals surface area (Å²) in [6.45, 7) is 8.83. The summed E-state index contributed by atoms with van der Waals surface area (Å²) in [6.07, 6.45) is 6.62. The Morgan fingerprint density at radius 2 is 1.94 bits per heavy atom. The molecule has 0 amide bonds. The molecule has 0 aromatic rings. The van der Waals surface area contributed by atoms with Crippen molar-refractivity contribution < 1.29 is 4.79 Å². The van der Waals surface area contributed by atoms with Gasteiger partial charge in [-0.15, -0.1) is 0 Å². The topological polar surface area (TPSA) is 17.1 Å². The van der Waals surface area contributed by atoms with Crippen LogP contribution in [0.25, 0.3) is 0 Å². The summed E-state index contributed by atoms with van der Waals surface area (Å²) in [5.74, 6) is 2.82. The van der Waals surface area contributed by atoms with Gasteiger partial charge in [0.2, 0.25) is 0 Å². The third-order valence-electron chi connectivity index (χ3n) is 5.43. The van der Waals surface area contributed by atoms with Crippen molar-refractivity contribution >= 4 is 5.78 Å². The van der Waals surface area contributed by atoms with Crippen LogP contribution in [-0.4, -0.2) is 5.78 Å². The molecule has 2 rings (SSSR count). The van der Waals surface area contributed by atoms with E-state index in [4.69, 9.17) is 0 Å². The Kier molecular flexibility index (Phi) is 3.16. The molecule has 2 aliphatic rings. The van der Waals surface area contributed by atoms with Gasteiger partial charge in [-0.3, -0.25) is 4.79 Å². The summed E-state index contributed by atoms with van der Waals surface area (Å²) in [4.78, 5) is 12.0. The molecule has 0 aromatic carbocycles. The molecule has 0 bridgehead atoms. The van der Waals surface area contributed by atoms with Crippen LogP contribution in [0.5, 0.6) is 0 Å². The molecule has 0 aliphatic heterocycles. The lowest BCUT2D eigenvalue weighted by Crippen LogP contribution is -2.43. The molecular formula is C15H26O. The van der Waals surface area contributed by atoms with Gasteiger partial charge in [0.1, 0.15) is 5.78 Å². The number of fused-ring (bicyclic) bond motifs is 1. The van der Waals surface area contributed by atoms with E-state index in [2.05, 4.69) is 20.8 Å². The molecule has 1 heteroatoms. The highest BCUT2D eigenvalue weighted by molar-refractivity contribution is 5.79. The zero-order valence-electron chi connectivity index (χ0n) is 11.3. The Hall–Kier alpha value is -0.330. The Balaban J connectivity index is 2.26. The van der Waals surface area contributed by atoms with Crippen molar-refractivity contribution in [1.29, 1.82) is 0 Å². The van der Waals surface area contributed by atoms with Crippen molar-refractivity contribution in [3.63, 3.8) is 0 Å². The third-order valence-corrected chi connectivity index (χ3v) is 5.43. The summed E-state index contributed by atoms with van der Waals surface area (Å²) >= 11 is 0. The smallest absolute Gasteiger partial charge is 0.133 e. The molecule has 16 heavy (non-hydrogen) atoms. The lowest BCUT2D eigenvalue weighted by molar-refractivity contribution is -0.130. The molecule has 4 unspecified atom stereocenters. The van der Waals surface area contributed by atoms with Gasteiger partial charge in [0.05, 0.1) is 0 Å². The first-order valence-corrected chi connectivity index (χ1v) is 6.96. The van der Waals surface area contributed by atoms with Crippen molar-refractivity contribution in [2.75, 3.05) is 0 Å². The molecular weight excluding hydrogens is 196 g/mol. The van der Waals surface area contributed by atoms with Crippen LogP contribution in [0, 0.1) is 29.1 Å². The second-order valence-corrected chi connectivity index (χ2v) is 6.74. The van der Waals surface area contributed by atoms with Gasteiger partial charge in [-0.2, -0.15) is 0 Å². The second kappa shape index (κ2) is 4.16. The number of ketones is 1. The molecule has 0 N–H and O–H groups in total. The van der Waals surface area contributed by atoms with Gasteiger partial charge in [0, 0.05) is 5.92 Å². The average molecular weight is 222 g/mol. The maximum Gasteiger partial charge on any atom is 0.133 e. The Morgan fingerprint density at radius 3 is 2.50 bits per heavy atom. The molecule has 4 atom stereocenters. The number of hydrogen-bond donors (Lipinski definition) is 0. The van der Waals surface area contributed by atoms with Crippen LogP contribution < -0.4 is 0 Å². The van der Waals surface area contributed by atoms with E-state index in [1.165, 1.54) is 32.1 Å². The van der Waals surface area contributed by atoms with E-state index in [0.29, 0.717) is 34.9 Å². The molecule has 0 heterocycles. The van der Waals surface area contributed by atoms with Crippen molar-refractivity contribution in [2.45, 2.75) is 59.8 Å². The SMILES string of the molecule is CC(=O)C1C(C(C)C)CCC2(C)CCCC12. The quantitative estimate of drug-likeness (QED) is 0.688. The fraction of sp³-hybridized carbons (Fsp3) is 0.933. The van der Waals surface area contributed by atoms with E-state index < -0.39 is 0 Å². The highest BCUT2D eigenvalue weighted by Gasteiger charge is 2.50. The third kappa shape index (κ3) is 1.83. The lowest BCUT2D eigenvalue weighted by Gasteiger charge is -2.47. The minimum atomic E-state index is 0.362. The maximum atomic E-state index is 12.0. The van der Waals surface area contributed by atoms with Crippen LogP contribution in [0.1, 0.15) is 59.8 Å². The standard InChI is InChI=1S/C15H26O/c1-10(2)12-7-9-15(4)8-5-6-13(15)14(12)11(3)16/h10,12-14H,5-9H2,1-4H3. The first-order valence-electron chi connectivity index (χ1n) is 6.96. The Bertz CT molecular complexity index is 281. The number of hydrogen-bond acceptors (Lipinski definition) is 1. The fourth-order valence-corrected chi connectivity index (χ4v) is 4.49. The van der Waals surface area contributed by atoms with Crippen LogP contribution in [0.15, 0.2) is 0 Å². The number of carbonyl (C=O) groups excluding carboxylic acids is 1. The van der Waals surface area contributed by atoms with Crippen LogP contribution >= 0.6 is 0 Å². The first kappa shape index (κ1) is 12.1. The minimum Gasteiger partial charge on any atom is -0.300 e. The Labute approximate surface area is 100.0 Å². The molecule has 0 saturated heterocycles. The van der Waals surface area contributed by atoms with Crippen molar-refractivity contribution in [3.8, 4) is 0 Å². The van der Waals surface area contributed by atoms with Gasteiger partial charge < -0.3 is 0 Å². The predicted octanol–water partition coefficient (Wildman–Crippen LogP) is 4.06. The normalized spacial score (nSPS) is 43.4. The molecule has 0 aromatic heterocycles. The zero-order valence-corrected chi connectivity index (χ0v) is 11.3. The van der Waals surface area contributed by atoms with E-state index in [-0.39, 0.29) is 0 Å². The molecule has 2 fully saturated rings. The first-order chi connectivity index (χ1) is 7.46. The van der Waals surface area contributed by atoms with Crippen molar-refractivity contribution in [3.05, 3.63) is 0 Å². The van der Waals surface area contributed by atoms with Crippen molar-refractivity contribution in [1.82, 2.24) is 0 Å². The minimum absolute atomic E-state index is 0.362. The van der Waals surface area contributed by atoms with E-state index in [1.54, 1.807) is 0 Å². The van der Waals surface area contributed by atoms with E-state index >= 15 is 0 Å². The second-order valence-electron chi connectivity index (χ2n) is 6.74. The maximum absolute atomic E-state index is 12.0. The summed E-state index contributed by atoms with van der Waals surface area (Å²) in [5.41, 5.74) is 0.488. The van der Waals surface area contributed by atoms with Crippen LogP contribution in [0.3, 0.4) is 0 Å². The van der Waals surface area contributed by atoms with E-state index in [0.717, 1.165) is 0 Å². The highest BCUT2D eigenvalue weighted by Crippen LogP contribution is 2.57.